The maximum Gasteiger partial charge on any atom is 0.315 e. The first-order chi connectivity index (χ1) is 9.22. The molecule has 1 atom stereocenters. The minimum atomic E-state index is -4.11. The molecule has 0 amide bonds. The number of rotatable bonds is 6. The van der Waals surface area contributed by atoms with Crippen LogP contribution in [0.15, 0.2) is 17.0 Å². The number of methoxy groups -OCH3 is 1. The fourth-order valence-corrected chi connectivity index (χ4v) is 2.72. The van der Waals surface area contributed by atoms with Gasteiger partial charge in [-0.3, -0.25) is 10.1 Å². The Labute approximate surface area is 127 Å². The zero-order chi connectivity index (χ0) is 15.5. The Bertz CT molecular complexity index is 625. The van der Waals surface area contributed by atoms with Gasteiger partial charge in [-0.1, -0.05) is 0 Å². The van der Waals surface area contributed by atoms with Crippen LogP contribution in [0.1, 0.15) is 6.92 Å². The van der Waals surface area contributed by atoms with Gasteiger partial charge in [-0.2, -0.15) is 0 Å². The van der Waals surface area contributed by atoms with Crippen LogP contribution in [0, 0.1) is 15.9 Å². The third-order valence-electron chi connectivity index (χ3n) is 2.42. The predicted molar refractivity (Wildman–Crippen MR) is 75.7 cm³/mol. The Morgan fingerprint density at radius 3 is 2.52 bits per heavy atom. The lowest BCUT2D eigenvalue weighted by atomic mass is 10.3. The summed E-state index contributed by atoms with van der Waals surface area (Å²) in [6.07, 6.45) is 0. The number of nitrogens with zero attached hydrogens (tertiary/aromatic N) is 1. The third-order valence-corrected chi connectivity index (χ3v) is 3.99. The number of halogens is 2. The van der Waals surface area contributed by atoms with Crippen molar-refractivity contribution in [1.29, 1.82) is 0 Å². The van der Waals surface area contributed by atoms with Crippen molar-refractivity contribution in [3.8, 4) is 5.75 Å². The minimum Gasteiger partial charge on any atom is -0.488 e. The van der Waals surface area contributed by atoms with E-state index in [0.717, 1.165) is 13.2 Å². The lowest BCUT2D eigenvalue weighted by Gasteiger charge is -2.12. The average Bonchev–Trinajstić information content (AvgIpc) is 2.36. The molecule has 1 rings (SSSR count). The second-order valence-corrected chi connectivity index (χ2v) is 5.69. The van der Waals surface area contributed by atoms with E-state index in [2.05, 4.69) is 9.46 Å². The topological polar surface area (TPSA) is 125 Å². The number of ether oxygens (including phenoxy) is 1. The van der Waals surface area contributed by atoms with Crippen LogP contribution >= 0.6 is 12.4 Å². The van der Waals surface area contributed by atoms with Crippen molar-refractivity contribution in [3.63, 3.8) is 0 Å². The minimum absolute atomic E-state index is 0. The maximum absolute atomic E-state index is 13.7. The van der Waals surface area contributed by atoms with E-state index in [9.17, 15) is 22.9 Å². The molecule has 0 radical (unpaired) electrons. The van der Waals surface area contributed by atoms with E-state index in [1.807, 2.05) is 0 Å². The van der Waals surface area contributed by atoms with Crippen molar-refractivity contribution >= 4 is 28.1 Å². The van der Waals surface area contributed by atoms with E-state index < -0.39 is 43.1 Å². The summed E-state index contributed by atoms with van der Waals surface area (Å²) < 4.78 is 44.3. The number of nitro benzene ring substituents is 1. The Hall–Kier alpha value is -1.49. The summed E-state index contributed by atoms with van der Waals surface area (Å²) in [4.78, 5) is 9.32. The van der Waals surface area contributed by atoms with Crippen LogP contribution in [0.25, 0.3) is 0 Å². The van der Waals surface area contributed by atoms with Crippen LogP contribution in [0.4, 0.5) is 10.1 Å². The summed E-state index contributed by atoms with van der Waals surface area (Å²) in [5, 5.41) is 10.8. The van der Waals surface area contributed by atoms with Crippen LogP contribution in [0.2, 0.25) is 0 Å². The van der Waals surface area contributed by atoms with Gasteiger partial charge in [-0.15, -0.1) is 12.4 Å². The lowest BCUT2D eigenvalue weighted by Crippen LogP contribution is -2.37. The van der Waals surface area contributed by atoms with Gasteiger partial charge in [0.1, 0.15) is 0 Å². The normalized spacial score (nSPS) is 12.4. The molecule has 1 aromatic carbocycles. The molecular weight excluding hydrogens is 329 g/mol. The molecule has 0 aliphatic rings. The molecule has 0 unspecified atom stereocenters. The van der Waals surface area contributed by atoms with Crippen LogP contribution < -0.4 is 15.2 Å². The highest BCUT2D eigenvalue weighted by atomic mass is 35.5. The summed E-state index contributed by atoms with van der Waals surface area (Å²) in [7, 11) is -3.06. The number of sulfonamides is 1. The molecule has 0 spiro atoms. The van der Waals surface area contributed by atoms with Gasteiger partial charge >= 0.3 is 5.69 Å². The molecule has 11 heteroatoms. The van der Waals surface area contributed by atoms with Crippen molar-refractivity contribution in [2.45, 2.75) is 17.9 Å². The SMILES string of the molecule is COc1c(F)cc(S(=O)(=O)N[C@@H](C)CN)cc1[N+](=O)[O-].Cl. The van der Waals surface area contributed by atoms with Crippen molar-refractivity contribution < 1.29 is 22.5 Å². The molecular formula is C10H15ClFN3O5S. The number of nitrogens with two attached hydrogens (primary N) is 1. The average molecular weight is 344 g/mol. The highest BCUT2D eigenvalue weighted by Crippen LogP contribution is 2.32. The summed E-state index contributed by atoms with van der Waals surface area (Å²) in [6, 6.07) is 0.787. The maximum atomic E-state index is 13.7. The summed E-state index contributed by atoms with van der Waals surface area (Å²) in [6.45, 7) is 1.53. The Morgan fingerprint density at radius 2 is 2.10 bits per heavy atom. The van der Waals surface area contributed by atoms with E-state index in [1.54, 1.807) is 0 Å². The van der Waals surface area contributed by atoms with E-state index in [-0.39, 0.29) is 19.0 Å². The summed E-state index contributed by atoms with van der Waals surface area (Å²) >= 11 is 0. The van der Waals surface area contributed by atoms with E-state index in [0.29, 0.717) is 6.07 Å². The van der Waals surface area contributed by atoms with Gasteiger partial charge in [-0.25, -0.2) is 17.5 Å². The molecule has 0 saturated carbocycles. The number of nitro groups is 1. The monoisotopic (exact) mass is 343 g/mol. The van der Waals surface area contributed by atoms with Gasteiger partial charge in [0.15, 0.2) is 5.82 Å². The molecule has 0 heterocycles. The van der Waals surface area contributed by atoms with Gasteiger partial charge in [0.25, 0.3) is 0 Å². The molecule has 0 aliphatic heterocycles. The highest BCUT2D eigenvalue weighted by Gasteiger charge is 2.26. The number of nitrogens with one attached hydrogen (secondary N) is 1. The highest BCUT2D eigenvalue weighted by molar-refractivity contribution is 7.89. The first kappa shape index (κ1) is 19.5. The standard InChI is InChI=1S/C10H14FN3O5S.ClH/c1-6(5-12)13-20(17,18)7-3-8(11)10(19-2)9(4-7)14(15)16;/h3-4,6,13H,5,12H2,1-2H3;1H/t6-;/m0./s1. The second kappa shape index (κ2) is 7.50. The van der Waals surface area contributed by atoms with Crippen LogP contribution in [-0.4, -0.2) is 33.0 Å². The predicted octanol–water partition coefficient (Wildman–Crippen LogP) is 0.790. The largest absolute Gasteiger partial charge is 0.488 e. The van der Waals surface area contributed by atoms with Crippen molar-refractivity contribution in [2.75, 3.05) is 13.7 Å². The zero-order valence-corrected chi connectivity index (χ0v) is 12.8. The van der Waals surface area contributed by atoms with Gasteiger partial charge < -0.3 is 10.5 Å². The molecule has 0 fully saturated rings. The van der Waals surface area contributed by atoms with Crippen molar-refractivity contribution in [3.05, 3.63) is 28.1 Å². The summed E-state index contributed by atoms with van der Waals surface area (Å²) in [5.74, 6) is -1.76. The van der Waals surface area contributed by atoms with Gasteiger partial charge in [0, 0.05) is 18.7 Å². The smallest absolute Gasteiger partial charge is 0.315 e. The first-order valence-electron chi connectivity index (χ1n) is 5.47. The number of hydrogen-bond acceptors (Lipinski definition) is 6. The number of benzene rings is 1. The molecule has 8 nitrogen and oxygen atoms in total. The molecule has 0 saturated heterocycles. The quantitative estimate of drug-likeness (QED) is 0.581. The molecule has 0 bridgehead atoms. The van der Waals surface area contributed by atoms with E-state index in [4.69, 9.17) is 5.73 Å². The Kier molecular flexibility index (Phi) is 6.97. The molecule has 1 aromatic rings. The van der Waals surface area contributed by atoms with Gasteiger partial charge in [0.05, 0.1) is 16.9 Å². The van der Waals surface area contributed by atoms with Crippen LogP contribution in [0.3, 0.4) is 0 Å². The molecule has 120 valence electrons. The molecule has 0 aliphatic carbocycles. The molecule has 21 heavy (non-hydrogen) atoms. The third kappa shape index (κ3) is 4.49. The van der Waals surface area contributed by atoms with E-state index in [1.165, 1.54) is 6.92 Å². The fourth-order valence-electron chi connectivity index (χ4n) is 1.43. The van der Waals surface area contributed by atoms with Crippen LogP contribution in [0.5, 0.6) is 5.75 Å². The fraction of sp³-hybridized carbons (Fsp3) is 0.400. The van der Waals surface area contributed by atoms with Gasteiger partial charge in [-0.05, 0) is 13.0 Å². The molecule has 0 aromatic heterocycles. The zero-order valence-electron chi connectivity index (χ0n) is 11.2. The van der Waals surface area contributed by atoms with Crippen LogP contribution in [-0.2, 0) is 10.0 Å². The number of hydrogen-bond donors (Lipinski definition) is 2. The van der Waals surface area contributed by atoms with Crippen molar-refractivity contribution in [1.82, 2.24) is 4.72 Å². The Morgan fingerprint density at radius 1 is 1.52 bits per heavy atom. The lowest BCUT2D eigenvalue weighted by molar-refractivity contribution is -0.386. The van der Waals surface area contributed by atoms with Crippen molar-refractivity contribution in [2.24, 2.45) is 5.73 Å². The Balaban J connectivity index is 0.00000400. The van der Waals surface area contributed by atoms with Gasteiger partial charge in [0.2, 0.25) is 15.8 Å². The molecule has 3 N–H and O–H groups in total. The second-order valence-electron chi connectivity index (χ2n) is 3.97. The summed E-state index contributed by atoms with van der Waals surface area (Å²) in [5.41, 5.74) is 4.51. The first-order valence-corrected chi connectivity index (χ1v) is 6.95. The van der Waals surface area contributed by atoms with E-state index >= 15 is 0 Å².